The van der Waals surface area contributed by atoms with E-state index in [0.29, 0.717) is 17.0 Å². The average molecular weight is 385 g/mol. The maximum atomic E-state index is 9.58. The molecule has 4 rings (SSSR count). The van der Waals surface area contributed by atoms with Crippen LogP contribution in [0.15, 0.2) is 42.6 Å². The number of hydrogen-bond donors (Lipinski definition) is 2. The Kier molecular flexibility index (Phi) is 5.32. The first kappa shape index (κ1) is 18.3. The highest BCUT2D eigenvalue weighted by Crippen LogP contribution is 2.30. The number of aliphatic hydroxyl groups is 1. The van der Waals surface area contributed by atoms with E-state index in [1.807, 2.05) is 54.0 Å². The summed E-state index contributed by atoms with van der Waals surface area (Å²) < 4.78 is 1.87. The molecule has 27 heavy (non-hydrogen) atoms. The quantitative estimate of drug-likeness (QED) is 0.663. The number of nitrogens with one attached hydrogen (secondary N) is 1. The van der Waals surface area contributed by atoms with Crippen LogP contribution in [0, 0.1) is 5.92 Å². The van der Waals surface area contributed by atoms with Crippen molar-refractivity contribution in [3.63, 3.8) is 0 Å². The molecule has 2 heterocycles. The largest absolute Gasteiger partial charge is 0.393 e. The Labute approximate surface area is 164 Å². The summed E-state index contributed by atoms with van der Waals surface area (Å²) in [7, 11) is 0. The van der Waals surface area contributed by atoms with Crippen LogP contribution in [0.2, 0.25) is 5.02 Å². The van der Waals surface area contributed by atoms with Gasteiger partial charge in [0.15, 0.2) is 5.65 Å². The van der Waals surface area contributed by atoms with Gasteiger partial charge in [0, 0.05) is 16.6 Å². The van der Waals surface area contributed by atoms with E-state index in [-0.39, 0.29) is 6.10 Å². The van der Waals surface area contributed by atoms with Crippen molar-refractivity contribution < 1.29 is 5.11 Å². The van der Waals surface area contributed by atoms with Crippen molar-refractivity contribution in [2.24, 2.45) is 5.92 Å². The molecule has 2 aromatic heterocycles. The fourth-order valence-electron chi connectivity index (χ4n) is 4.03. The molecule has 0 saturated heterocycles. The second-order valence-electron chi connectivity index (χ2n) is 7.59. The number of halogens is 1. The topological polar surface area (TPSA) is 62.5 Å². The first-order chi connectivity index (χ1) is 13.1. The number of imidazole rings is 1. The van der Waals surface area contributed by atoms with Gasteiger partial charge in [0.2, 0.25) is 0 Å². The van der Waals surface area contributed by atoms with Gasteiger partial charge in [-0.1, -0.05) is 23.7 Å². The first-order valence-corrected chi connectivity index (χ1v) is 10.0. The second-order valence-corrected chi connectivity index (χ2v) is 8.03. The Morgan fingerprint density at radius 2 is 2.04 bits per heavy atom. The molecule has 5 nitrogen and oxygen atoms in total. The molecule has 0 spiro atoms. The monoisotopic (exact) mass is 384 g/mol. The van der Waals surface area contributed by atoms with Gasteiger partial charge in [-0.2, -0.15) is 0 Å². The Morgan fingerprint density at radius 1 is 1.22 bits per heavy atom. The number of aromatic nitrogens is 3. The molecule has 0 amide bonds. The smallest absolute Gasteiger partial charge is 0.154 e. The standard InChI is InChI=1S/C21H25ClN4O/c1-14(27)11-15-5-7-18(8-6-15)24-20-9-10-21-23-13-19(26(21)25-20)16-3-2-4-17(22)12-16/h2-4,9-10,12-15,18,27H,5-8,11H2,1H3,(H,24,25). The number of benzene rings is 1. The van der Waals surface area contributed by atoms with Gasteiger partial charge in [0.25, 0.3) is 0 Å². The number of rotatable bonds is 5. The van der Waals surface area contributed by atoms with E-state index in [9.17, 15) is 5.11 Å². The highest BCUT2D eigenvalue weighted by molar-refractivity contribution is 6.30. The van der Waals surface area contributed by atoms with Gasteiger partial charge in [-0.15, -0.1) is 5.10 Å². The van der Waals surface area contributed by atoms with Crippen molar-refractivity contribution in [2.75, 3.05) is 5.32 Å². The summed E-state index contributed by atoms with van der Waals surface area (Å²) in [6.45, 7) is 1.88. The van der Waals surface area contributed by atoms with Crippen LogP contribution in [0.5, 0.6) is 0 Å². The van der Waals surface area contributed by atoms with Gasteiger partial charge in [0.05, 0.1) is 18.0 Å². The second kappa shape index (κ2) is 7.87. The fourth-order valence-corrected chi connectivity index (χ4v) is 4.22. The van der Waals surface area contributed by atoms with E-state index < -0.39 is 0 Å². The summed E-state index contributed by atoms with van der Waals surface area (Å²) in [6, 6.07) is 12.1. The lowest BCUT2D eigenvalue weighted by Crippen LogP contribution is -2.28. The van der Waals surface area contributed by atoms with Crippen molar-refractivity contribution >= 4 is 23.1 Å². The van der Waals surface area contributed by atoms with Gasteiger partial charge < -0.3 is 10.4 Å². The maximum absolute atomic E-state index is 9.58. The van der Waals surface area contributed by atoms with E-state index >= 15 is 0 Å². The van der Waals surface area contributed by atoms with Crippen LogP contribution in [0.1, 0.15) is 39.0 Å². The Hall–Kier alpha value is -2.11. The van der Waals surface area contributed by atoms with Crippen LogP contribution >= 0.6 is 11.6 Å². The van der Waals surface area contributed by atoms with Crippen molar-refractivity contribution in [2.45, 2.75) is 51.2 Å². The third-order valence-electron chi connectivity index (χ3n) is 5.36. The lowest BCUT2D eigenvalue weighted by molar-refractivity contribution is 0.145. The van der Waals surface area contributed by atoms with Gasteiger partial charge >= 0.3 is 0 Å². The molecule has 1 aliphatic carbocycles. The van der Waals surface area contributed by atoms with Crippen LogP contribution in [-0.2, 0) is 0 Å². The summed E-state index contributed by atoms with van der Waals surface area (Å²) >= 11 is 6.14. The van der Waals surface area contributed by atoms with Gasteiger partial charge in [0.1, 0.15) is 5.82 Å². The van der Waals surface area contributed by atoms with Crippen LogP contribution < -0.4 is 5.32 Å². The molecule has 0 radical (unpaired) electrons. The zero-order valence-electron chi connectivity index (χ0n) is 15.5. The molecule has 0 aliphatic heterocycles. The van der Waals surface area contributed by atoms with Crippen molar-refractivity contribution in [1.29, 1.82) is 0 Å². The molecular formula is C21H25ClN4O. The molecule has 1 saturated carbocycles. The van der Waals surface area contributed by atoms with E-state index in [1.165, 1.54) is 0 Å². The van der Waals surface area contributed by atoms with Gasteiger partial charge in [-0.25, -0.2) is 9.50 Å². The first-order valence-electron chi connectivity index (χ1n) is 9.64. The highest BCUT2D eigenvalue weighted by Gasteiger charge is 2.22. The van der Waals surface area contributed by atoms with Crippen molar-refractivity contribution in [1.82, 2.24) is 14.6 Å². The molecule has 1 aliphatic rings. The van der Waals surface area contributed by atoms with E-state index in [2.05, 4.69) is 10.3 Å². The SMILES string of the molecule is CC(O)CC1CCC(Nc2ccc3ncc(-c4cccc(Cl)c4)n3n2)CC1. The molecule has 3 aromatic rings. The number of anilines is 1. The summed E-state index contributed by atoms with van der Waals surface area (Å²) in [5.74, 6) is 1.50. The van der Waals surface area contributed by atoms with Crippen LogP contribution in [0.4, 0.5) is 5.82 Å². The van der Waals surface area contributed by atoms with E-state index in [1.54, 1.807) is 0 Å². The van der Waals surface area contributed by atoms with Crippen molar-refractivity contribution in [3.05, 3.63) is 47.6 Å². The van der Waals surface area contributed by atoms with E-state index in [4.69, 9.17) is 16.7 Å². The zero-order valence-corrected chi connectivity index (χ0v) is 16.2. The summed E-state index contributed by atoms with van der Waals surface area (Å²) in [4.78, 5) is 4.46. The van der Waals surface area contributed by atoms with E-state index in [0.717, 1.165) is 54.8 Å². The predicted molar refractivity (Wildman–Crippen MR) is 109 cm³/mol. The third-order valence-corrected chi connectivity index (χ3v) is 5.59. The minimum Gasteiger partial charge on any atom is -0.393 e. The minimum absolute atomic E-state index is 0.199. The molecule has 1 atom stereocenters. The molecule has 1 fully saturated rings. The lowest BCUT2D eigenvalue weighted by Gasteiger charge is -2.30. The summed E-state index contributed by atoms with van der Waals surface area (Å²) in [5, 5.41) is 18.6. The molecule has 1 aromatic carbocycles. The fraction of sp³-hybridized carbons (Fsp3) is 0.429. The summed E-state index contributed by atoms with van der Waals surface area (Å²) in [6.07, 6.45) is 7.08. The normalized spacial score (nSPS) is 21.3. The van der Waals surface area contributed by atoms with Crippen LogP contribution in [0.3, 0.4) is 0 Å². The maximum Gasteiger partial charge on any atom is 0.154 e. The molecule has 142 valence electrons. The van der Waals surface area contributed by atoms with Gasteiger partial charge in [-0.05, 0) is 69.2 Å². The average Bonchev–Trinajstić information content (AvgIpc) is 3.06. The molecule has 0 bridgehead atoms. The minimum atomic E-state index is -0.199. The molecule has 1 unspecified atom stereocenters. The molecule has 6 heteroatoms. The predicted octanol–water partition coefficient (Wildman–Crippen LogP) is 4.79. The Morgan fingerprint density at radius 3 is 2.78 bits per heavy atom. The number of nitrogens with zero attached hydrogens (tertiary/aromatic N) is 3. The zero-order chi connectivity index (χ0) is 18.8. The molecule has 2 N–H and O–H groups in total. The Bertz CT molecular complexity index is 915. The van der Waals surface area contributed by atoms with Crippen LogP contribution in [0.25, 0.3) is 16.9 Å². The third kappa shape index (κ3) is 4.25. The Balaban J connectivity index is 1.50. The number of fused-ring (bicyclic) bond motifs is 1. The van der Waals surface area contributed by atoms with Crippen molar-refractivity contribution in [3.8, 4) is 11.3 Å². The summed E-state index contributed by atoms with van der Waals surface area (Å²) in [5.41, 5.74) is 2.74. The lowest BCUT2D eigenvalue weighted by atomic mass is 9.83. The number of aliphatic hydroxyl groups excluding tert-OH is 1. The highest BCUT2D eigenvalue weighted by atomic mass is 35.5. The van der Waals surface area contributed by atoms with Gasteiger partial charge in [-0.3, -0.25) is 0 Å². The van der Waals surface area contributed by atoms with Crippen LogP contribution in [-0.4, -0.2) is 31.9 Å². The molecular weight excluding hydrogens is 360 g/mol. The number of hydrogen-bond acceptors (Lipinski definition) is 4.